The summed E-state index contributed by atoms with van der Waals surface area (Å²) < 4.78 is 10.5. The SMILES string of the molecule is CCOC(C)OC(=O)C1CC2CCCCC2CC1O. The Kier molecular flexibility index (Phi) is 5.22. The van der Waals surface area contributed by atoms with Crippen LogP contribution in [0.25, 0.3) is 0 Å². The molecule has 0 aliphatic heterocycles. The molecule has 2 aliphatic rings. The van der Waals surface area contributed by atoms with Crippen LogP contribution in [-0.4, -0.2) is 30.1 Å². The molecule has 0 aromatic heterocycles. The van der Waals surface area contributed by atoms with Crippen LogP contribution in [-0.2, 0) is 14.3 Å². The lowest BCUT2D eigenvalue weighted by Crippen LogP contribution is -2.42. The van der Waals surface area contributed by atoms with Crippen LogP contribution in [0.1, 0.15) is 52.4 Å². The van der Waals surface area contributed by atoms with Crippen LogP contribution < -0.4 is 0 Å². The number of aliphatic hydroxyl groups excluding tert-OH is 1. The molecule has 0 amide bonds. The molecule has 0 radical (unpaired) electrons. The Labute approximate surface area is 115 Å². The van der Waals surface area contributed by atoms with E-state index in [1.807, 2.05) is 6.92 Å². The average molecular weight is 270 g/mol. The van der Waals surface area contributed by atoms with E-state index in [2.05, 4.69) is 0 Å². The normalized spacial score (nSPS) is 36.4. The molecule has 5 unspecified atom stereocenters. The van der Waals surface area contributed by atoms with Gasteiger partial charge in [0.05, 0.1) is 12.0 Å². The van der Waals surface area contributed by atoms with Gasteiger partial charge in [-0.05, 0) is 38.5 Å². The molecular weight excluding hydrogens is 244 g/mol. The van der Waals surface area contributed by atoms with Crippen molar-refractivity contribution in [3.05, 3.63) is 0 Å². The highest BCUT2D eigenvalue weighted by Gasteiger charge is 2.41. The van der Waals surface area contributed by atoms with E-state index >= 15 is 0 Å². The zero-order valence-corrected chi connectivity index (χ0v) is 12.0. The summed E-state index contributed by atoms with van der Waals surface area (Å²) in [6.07, 6.45) is 5.41. The van der Waals surface area contributed by atoms with Gasteiger partial charge >= 0.3 is 5.97 Å². The number of carbonyl (C=O) groups is 1. The lowest BCUT2D eigenvalue weighted by atomic mass is 9.66. The molecule has 2 fully saturated rings. The predicted molar refractivity (Wildman–Crippen MR) is 71.4 cm³/mol. The van der Waals surface area contributed by atoms with Gasteiger partial charge in [0.1, 0.15) is 0 Å². The van der Waals surface area contributed by atoms with E-state index in [-0.39, 0.29) is 11.9 Å². The standard InChI is InChI=1S/C15H26O4/c1-3-18-10(2)19-15(17)13-8-11-6-4-5-7-12(11)9-14(13)16/h10-14,16H,3-9H2,1-2H3. The van der Waals surface area contributed by atoms with Gasteiger partial charge in [-0.2, -0.15) is 0 Å². The highest BCUT2D eigenvalue weighted by Crippen LogP contribution is 2.43. The summed E-state index contributed by atoms with van der Waals surface area (Å²) in [7, 11) is 0. The second kappa shape index (κ2) is 6.71. The van der Waals surface area contributed by atoms with Gasteiger partial charge in [-0.3, -0.25) is 4.79 Å². The summed E-state index contributed by atoms with van der Waals surface area (Å²) in [6.45, 7) is 4.11. The largest absolute Gasteiger partial charge is 0.436 e. The third kappa shape index (κ3) is 3.69. The molecule has 0 spiro atoms. The molecule has 0 saturated heterocycles. The molecule has 2 aliphatic carbocycles. The molecule has 5 atom stereocenters. The van der Waals surface area contributed by atoms with E-state index in [0.29, 0.717) is 18.4 Å². The summed E-state index contributed by atoms with van der Waals surface area (Å²) in [5.41, 5.74) is 0. The molecule has 0 aromatic rings. The van der Waals surface area contributed by atoms with E-state index in [4.69, 9.17) is 9.47 Å². The van der Waals surface area contributed by atoms with Crippen LogP contribution in [0.5, 0.6) is 0 Å². The zero-order chi connectivity index (χ0) is 13.8. The van der Waals surface area contributed by atoms with Crippen molar-refractivity contribution in [2.45, 2.75) is 64.8 Å². The van der Waals surface area contributed by atoms with Gasteiger partial charge < -0.3 is 14.6 Å². The lowest BCUT2D eigenvalue weighted by molar-refractivity contribution is -0.185. The molecule has 110 valence electrons. The van der Waals surface area contributed by atoms with Crippen LogP contribution in [0.3, 0.4) is 0 Å². The van der Waals surface area contributed by atoms with Crippen molar-refractivity contribution in [2.24, 2.45) is 17.8 Å². The highest BCUT2D eigenvalue weighted by molar-refractivity contribution is 5.73. The first-order valence-corrected chi connectivity index (χ1v) is 7.62. The van der Waals surface area contributed by atoms with Crippen LogP contribution in [0, 0.1) is 17.8 Å². The van der Waals surface area contributed by atoms with Crippen LogP contribution in [0.2, 0.25) is 0 Å². The maximum atomic E-state index is 12.1. The van der Waals surface area contributed by atoms with E-state index in [1.165, 1.54) is 25.7 Å². The second-order valence-corrected chi connectivity index (χ2v) is 5.91. The van der Waals surface area contributed by atoms with Gasteiger partial charge in [-0.15, -0.1) is 0 Å². The number of esters is 1. The average Bonchev–Trinajstić information content (AvgIpc) is 2.38. The van der Waals surface area contributed by atoms with Gasteiger partial charge in [0.25, 0.3) is 0 Å². The monoisotopic (exact) mass is 270 g/mol. The lowest BCUT2D eigenvalue weighted by Gasteiger charge is -2.41. The fourth-order valence-electron chi connectivity index (χ4n) is 3.64. The summed E-state index contributed by atoms with van der Waals surface area (Å²) in [5.74, 6) is 0.550. The van der Waals surface area contributed by atoms with Crippen molar-refractivity contribution in [3.8, 4) is 0 Å². The Hall–Kier alpha value is -0.610. The Bertz CT molecular complexity index is 305. The number of hydrogen-bond donors (Lipinski definition) is 1. The van der Waals surface area contributed by atoms with Crippen LogP contribution in [0.15, 0.2) is 0 Å². The second-order valence-electron chi connectivity index (χ2n) is 5.91. The molecule has 19 heavy (non-hydrogen) atoms. The van der Waals surface area contributed by atoms with Crippen molar-refractivity contribution in [1.29, 1.82) is 0 Å². The van der Waals surface area contributed by atoms with Gasteiger partial charge in [0.15, 0.2) is 6.29 Å². The van der Waals surface area contributed by atoms with Crippen molar-refractivity contribution in [3.63, 3.8) is 0 Å². The van der Waals surface area contributed by atoms with Crippen molar-refractivity contribution in [1.82, 2.24) is 0 Å². The summed E-state index contributed by atoms with van der Waals surface area (Å²) in [6, 6.07) is 0. The van der Waals surface area contributed by atoms with E-state index < -0.39 is 12.4 Å². The minimum atomic E-state index is -0.541. The third-order valence-corrected chi connectivity index (χ3v) is 4.62. The Morgan fingerprint density at radius 3 is 2.53 bits per heavy atom. The Morgan fingerprint density at radius 2 is 1.89 bits per heavy atom. The first kappa shape index (κ1) is 14.8. The molecule has 4 heteroatoms. The number of fused-ring (bicyclic) bond motifs is 1. The van der Waals surface area contributed by atoms with Crippen LogP contribution >= 0.6 is 0 Å². The Balaban J connectivity index is 1.90. The van der Waals surface area contributed by atoms with Crippen molar-refractivity contribution < 1.29 is 19.4 Å². The molecular formula is C15H26O4. The van der Waals surface area contributed by atoms with Gasteiger partial charge in [-0.1, -0.05) is 25.7 Å². The summed E-state index contributed by atoms with van der Waals surface area (Å²) >= 11 is 0. The van der Waals surface area contributed by atoms with E-state index in [1.54, 1.807) is 6.92 Å². The van der Waals surface area contributed by atoms with Crippen molar-refractivity contribution >= 4 is 5.97 Å². The van der Waals surface area contributed by atoms with E-state index in [0.717, 1.165) is 12.8 Å². The topological polar surface area (TPSA) is 55.8 Å². The van der Waals surface area contributed by atoms with Crippen LogP contribution in [0.4, 0.5) is 0 Å². The molecule has 0 aromatic carbocycles. The third-order valence-electron chi connectivity index (χ3n) is 4.62. The van der Waals surface area contributed by atoms with Gasteiger partial charge in [0, 0.05) is 6.61 Å². The number of carbonyl (C=O) groups excluding carboxylic acids is 1. The molecule has 2 saturated carbocycles. The number of rotatable bonds is 4. The highest BCUT2D eigenvalue weighted by atomic mass is 16.7. The van der Waals surface area contributed by atoms with Gasteiger partial charge in [-0.25, -0.2) is 0 Å². The first-order chi connectivity index (χ1) is 9.11. The number of aliphatic hydroxyl groups is 1. The number of hydrogen-bond acceptors (Lipinski definition) is 4. The zero-order valence-electron chi connectivity index (χ0n) is 12.0. The summed E-state index contributed by atoms with van der Waals surface area (Å²) in [4.78, 5) is 12.1. The minimum Gasteiger partial charge on any atom is -0.436 e. The smallest absolute Gasteiger partial charge is 0.313 e. The fourth-order valence-corrected chi connectivity index (χ4v) is 3.64. The summed E-state index contributed by atoms with van der Waals surface area (Å²) in [5, 5.41) is 10.2. The number of ether oxygens (including phenoxy) is 2. The molecule has 2 rings (SSSR count). The first-order valence-electron chi connectivity index (χ1n) is 7.62. The fraction of sp³-hybridized carbons (Fsp3) is 0.933. The molecule has 1 N–H and O–H groups in total. The minimum absolute atomic E-state index is 0.294. The molecule has 0 heterocycles. The Morgan fingerprint density at radius 1 is 1.26 bits per heavy atom. The van der Waals surface area contributed by atoms with Gasteiger partial charge in [0.2, 0.25) is 0 Å². The molecule has 0 bridgehead atoms. The quantitative estimate of drug-likeness (QED) is 0.630. The predicted octanol–water partition coefficient (Wildman–Crippen LogP) is 2.49. The molecule has 4 nitrogen and oxygen atoms in total. The van der Waals surface area contributed by atoms with Crippen molar-refractivity contribution in [2.75, 3.05) is 6.61 Å². The maximum absolute atomic E-state index is 12.1. The van der Waals surface area contributed by atoms with E-state index in [9.17, 15) is 9.90 Å². The maximum Gasteiger partial charge on any atom is 0.313 e.